The number of rotatable bonds is 10. The predicted molar refractivity (Wildman–Crippen MR) is 120 cm³/mol. The third-order valence-corrected chi connectivity index (χ3v) is 6.14. The van der Waals surface area contributed by atoms with Gasteiger partial charge in [0.05, 0.1) is 52.8 Å². The van der Waals surface area contributed by atoms with E-state index in [0.29, 0.717) is 32.1 Å². The Bertz CT molecular complexity index is 830. The highest BCUT2D eigenvalue weighted by molar-refractivity contribution is 5.50. The number of hydrogen-bond donors (Lipinski definition) is 0. The maximum absolute atomic E-state index is 6.30. The van der Waals surface area contributed by atoms with Gasteiger partial charge in [0.25, 0.3) is 0 Å². The molecule has 0 saturated carbocycles. The molecule has 0 aliphatic carbocycles. The molecule has 2 aromatic carbocycles. The van der Waals surface area contributed by atoms with E-state index in [9.17, 15) is 0 Å². The molecule has 2 aliphatic heterocycles. The minimum Gasteiger partial charge on any atom is -0.496 e. The van der Waals surface area contributed by atoms with Crippen LogP contribution in [0, 0.1) is 0 Å². The number of nitrogens with zero attached hydrogens (tertiary/aromatic N) is 1. The minimum absolute atomic E-state index is 0.0156. The number of ether oxygens (including phenoxy) is 6. The molecule has 0 bridgehead atoms. The van der Waals surface area contributed by atoms with Crippen molar-refractivity contribution in [3.05, 3.63) is 53.6 Å². The van der Waals surface area contributed by atoms with E-state index in [4.69, 9.17) is 28.4 Å². The molecule has 2 aromatic rings. The maximum Gasteiger partial charge on any atom is 0.157 e. The molecule has 0 aromatic heterocycles. The van der Waals surface area contributed by atoms with Crippen molar-refractivity contribution >= 4 is 0 Å². The molecule has 7 nitrogen and oxygen atoms in total. The molecule has 4 rings (SSSR count). The standard InChI is InChI=1S/C25H33NO6/c1-27-19-14-22(28-2)20(23(15-19)29-3)16-26-21(18-8-5-4-6-9-18)17-32-24(26)10-7-11-25-30-12-13-31-25/h4-6,8-9,14-15,21,24-25H,7,10-13,16-17H2,1-3H3/t21-,24+/m0/s1. The van der Waals surface area contributed by atoms with Gasteiger partial charge in [0.1, 0.15) is 23.5 Å². The van der Waals surface area contributed by atoms with Crippen molar-refractivity contribution in [3.63, 3.8) is 0 Å². The van der Waals surface area contributed by atoms with Gasteiger partial charge in [0.2, 0.25) is 0 Å². The van der Waals surface area contributed by atoms with Crippen LogP contribution in [0.15, 0.2) is 42.5 Å². The smallest absolute Gasteiger partial charge is 0.157 e. The second-order valence-electron chi connectivity index (χ2n) is 8.00. The Labute approximate surface area is 190 Å². The summed E-state index contributed by atoms with van der Waals surface area (Å²) >= 11 is 0. The lowest BCUT2D eigenvalue weighted by Crippen LogP contribution is -2.32. The van der Waals surface area contributed by atoms with E-state index in [1.807, 2.05) is 18.2 Å². The number of benzene rings is 2. The summed E-state index contributed by atoms with van der Waals surface area (Å²) < 4.78 is 34.3. The zero-order valence-electron chi connectivity index (χ0n) is 19.1. The van der Waals surface area contributed by atoms with Crippen LogP contribution in [0.25, 0.3) is 0 Å². The van der Waals surface area contributed by atoms with Crippen molar-refractivity contribution in [2.45, 2.75) is 44.4 Å². The average molecular weight is 444 g/mol. The van der Waals surface area contributed by atoms with Gasteiger partial charge in [-0.05, 0) is 24.8 Å². The summed E-state index contributed by atoms with van der Waals surface area (Å²) in [6.07, 6.45) is 2.63. The molecule has 7 heteroatoms. The van der Waals surface area contributed by atoms with Crippen molar-refractivity contribution in [2.75, 3.05) is 41.2 Å². The Morgan fingerprint density at radius 1 is 0.875 bits per heavy atom. The monoisotopic (exact) mass is 443 g/mol. The zero-order chi connectivity index (χ0) is 22.3. The third-order valence-electron chi connectivity index (χ3n) is 6.14. The molecule has 2 saturated heterocycles. The van der Waals surface area contributed by atoms with Crippen LogP contribution in [0.4, 0.5) is 0 Å². The first-order chi connectivity index (χ1) is 15.7. The van der Waals surface area contributed by atoms with Crippen LogP contribution in [-0.4, -0.2) is 58.6 Å². The fraction of sp³-hybridized carbons (Fsp3) is 0.520. The summed E-state index contributed by atoms with van der Waals surface area (Å²) in [6, 6.07) is 14.5. The topological polar surface area (TPSA) is 58.6 Å². The van der Waals surface area contributed by atoms with Crippen LogP contribution < -0.4 is 14.2 Å². The number of hydrogen-bond acceptors (Lipinski definition) is 7. The summed E-state index contributed by atoms with van der Waals surface area (Å²) in [4.78, 5) is 2.40. The third kappa shape index (κ3) is 5.18. The van der Waals surface area contributed by atoms with Gasteiger partial charge in [-0.1, -0.05) is 30.3 Å². The van der Waals surface area contributed by atoms with Crippen molar-refractivity contribution in [1.82, 2.24) is 4.90 Å². The Hall–Kier alpha value is -2.32. The van der Waals surface area contributed by atoms with Gasteiger partial charge in [0, 0.05) is 18.7 Å². The van der Waals surface area contributed by atoms with Crippen LogP contribution in [0.1, 0.15) is 36.4 Å². The molecule has 2 atom stereocenters. The lowest BCUT2D eigenvalue weighted by molar-refractivity contribution is -0.0531. The van der Waals surface area contributed by atoms with E-state index in [2.05, 4.69) is 29.2 Å². The lowest BCUT2D eigenvalue weighted by atomic mass is 10.0. The maximum atomic E-state index is 6.30. The summed E-state index contributed by atoms with van der Waals surface area (Å²) in [5.74, 6) is 2.19. The Balaban J connectivity index is 1.57. The first kappa shape index (κ1) is 22.9. The van der Waals surface area contributed by atoms with Crippen molar-refractivity contribution in [1.29, 1.82) is 0 Å². The zero-order valence-corrected chi connectivity index (χ0v) is 19.1. The second kappa shape index (κ2) is 11.0. The largest absolute Gasteiger partial charge is 0.496 e. The first-order valence-corrected chi connectivity index (χ1v) is 11.2. The molecule has 32 heavy (non-hydrogen) atoms. The average Bonchev–Trinajstić information content (AvgIpc) is 3.50. The Morgan fingerprint density at radius 2 is 1.56 bits per heavy atom. The molecule has 0 amide bonds. The first-order valence-electron chi connectivity index (χ1n) is 11.2. The van der Waals surface area contributed by atoms with Crippen molar-refractivity contribution in [2.24, 2.45) is 0 Å². The van der Waals surface area contributed by atoms with Crippen molar-refractivity contribution in [3.8, 4) is 17.2 Å². The molecule has 2 heterocycles. The van der Waals surface area contributed by atoms with E-state index in [0.717, 1.165) is 36.3 Å². The van der Waals surface area contributed by atoms with Gasteiger partial charge in [-0.2, -0.15) is 0 Å². The summed E-state index contributed by atoms with van der Waals surface area (Å²) in [5, 5.41) is 0. The molecule has 2 aliphatic rings. The lowest BCUT2D eigenvalue weighted by Gasteiger charge is -2.30. The summed E-state index contributed by atoms with van der Waals surface area (Å²) in [6.45, 7) is 2.65. The van der Waals surface area contributed by atoms with Crippen LogP contribution >= 0.6 is 0 Å². The highest BCUT2D eigenvalue weighted by Crippen LogP contribution is 2.40. The Kier molecular flexibility index (Phi) is 7.86. The highest BCUT2D eigenvalue weighted by atomic mass is 16.7. The van der Waals surface area contributed by atoms with Gasteiger partial charge in [0.15, 0.2) is 6.29 Å². The van der Waals surface area contributed by atoms with Crippen LogP contribution in [-0.2, 0) is 20.8 Å². The minimum atomic E-state index is -0.0865. The molecule has 0 unspecified atom stereocenters. The van der Waals surface area contributed by atoms with Crippen LogP contribution in [0.3, 0.4) is 0 Å². The van der Waals surface area contributed by atoms with Crippen LogP contribution in [0.5, 0.6) is 17.2 Å². The van der Waals surface area contributed by atoms with E-state index in [1.54, 1.807) is 21.3 Å². The van der Waals surface area contributed by atoms with E-state index in [1.165, 1.54) is 5.56 Å². The van der Waals surface area contributed by atoms with E-state index in [-0.39, 0.29) is 18.6 Å². The second-order valence-corrected chi connectivity index (χ2v) is 8.00. The number of methoxy groups -OCH3 is 3. The summed E-state index contributed by atoms with van der Waals surface area (Å²) in [7, 11) is 4.99. The molecule has 0 radical (unpaired) electrons. The molecular formula is C25H33NO6. The van der Waals surface area contributed by atoms with Gasteiger partial charge in [-0.3, -0.25) is 4.90 Å². The highest BCUT2D eigenvalue weighted by Gasteiger charge is 2.36. The fourth-order valence-corrected chi connectivity index (χ4v) is 4.47. The quantitative estimate of drug-likeness (QED) is 0.547. The fourth-order valence-electron chi connectivity index (χ4n) is 4.47. The van der Waals surface area contributed by atoms with Gasteiger partial charge >= 0.3 is 0 Å². The predicted octanol–water partition coefficient (Wildman–Crippen LogP) is 4.16. The molecular weight excluding hydrogens is 410 g/mol. The van der Waals surface area contributed by atoms with Gasteiger partial charge < -0.3 is 28.4 Å². The van der Waals surface area contributed by atoms with Gasteiger partial charge in [-0.25, -0.2) is 0 Å². The van der Waals surface area contributed by atoms with Crippen molar-refractivity contribution < 1.29 is 28.4 Å². The molecule has 174 valence electrons. The van der Waals surface area contributed by atoms with E-state index >= 15 is 0 Å². The van der Waals surface area contributed by atoms with Crippen LogP contribution in [0.2, 0.25) is 0 Å². The summed E-state index contributed by atoms with van der Waals surface area (Å²) in [5.41, 5.74) is 2.22. The SMILES string of the molecule is COc1cc(OC)c(CN2[C@@H](CCCC3OCCO3)OC[C@H]2c2ccccc2)c(OC)c1. The Morgan fingerprint density at radius 3 is 2.19 bits per heavy atom. The molecule has 0 N–H and O–H groups in total. The normalized spacial score (nSPS) is 21.7. The molecule has 2 fully saturated rings. The van der Waals surface area contributed by atoms with Gasteiger partial charge in [-0.15, -0.1) is 0 Å². The van der Waals surface area contributed by atoms with E-state index < -0.39 is 0 Å². The molecule has 0 spiro atoms.